The van der Waals surface area contributed by atoms with Gasteiger partial charge in [-0.2, -0.15) is 0 Å². The monoisotopic (exact) mass is 282 g/mol. The molecule has 0 fully saturated rings. The van der Waals surface area contributed by atoms with Gasteiger partial charge in [-0.15, -0.1) is 0 Å². The number of nitrogens with two attached hydrogens (primary N) is 1. The van der Waals surface area contributed by atoms with E-state index in [1.54, 1.807) is 6.92 Å². The lowest BCUT2D eigenvalue weighted by atomic mass is 10.1. The van der Waals surface area contributed by atoms with Crippen molar-refractivity contribution < 1.29 is 19.2 Å². The van der Waals surface area contributed by atoms with E-state index in [9.17, 15) is 19.7 Å². The number of rotatable bonds is 5. The number of amides is 1. The van der Waals surface area contributed by atoms with Gasteiger partial charge < -0.3 is 15.4 Å². The number of hydrogen-bond donors (Lipinski definition) is 1. The Morgan fingerprint density at radius 3 is 2.60 bits per heavy atom. The summed E-state index contributed by atoms with van der Waals surface area (Å²) in [6, 6.07) is 1.26. The van der Waals surface area contributed by atoms with Crippen molar-refractivity contribution in [2.45, 2.75) is 6.92 Å². The molecule has 0 aromatic carbocycles. The van der Waals surface area contributed by atoms with Crippen LogP contribution in [0, 0.1) is 17.0 Å². The molecule has 0 atom stereocenters. The van der Waals surface area contributed by atoms with Crippen molar-refractivity contribution in [3.63, 3.8) is 0 Å². The number of likely N-dealkylation sites (N-methyl/N-ethyl adjacent to an activating group) is 1. The highest BCUT2D eigenvalue weighted by atomic mass is 16.6. The molecular weight excluding hydrogens is 268 g/mol. The van der Waals surface area contributed by atoms with Crippen LogP contribution in [0.3, 0.4) is 0 Å². The summed E-state index contributed by atoms with van der Waals surface area (Å²) in [7, 11) is 2.54. The number of carbonyl (C=O) groups excluding carboxylic acids is 2. The van der Waals surface area contributed by atoms with Gasteiger partial charge in [0.05, 0.1) is 18.6 Å². The highest BCUT2D eigenvalue weighted by Crippen LogP contribution is 2.30. The number of primary amides is 1. The Morgan fingerprint density at radius 2 is 2.15 bits per heavy atom. The predicted octanol–water partition coefficient (Wildman–Crippen LogP) is 0.00632. The molecule has 1 aromatic heterocycles. The van der Waals surface area contributed by atoms with Gasteiger partial charge in [-0.1, -0.05) is 0 Å². The van der Waals surface area contributed by atoms with Crippen LogP contribution < -0.4 is 10.6 Å². The standard InChI is InChI=1S/C11H14N4O5/c1-6-4-7(11(17)20-3)9(15(18)19)10(13-6)14(2)5-8(12)16/h4H,5H2,1-3H3,(H2,12,16). The molecule has 2 N–H and O–H groups in total. The summed E-state index contributed by atoms with van der Waals surface area (Å²) in [5.74, 6) is -1.64. The normalized spacial score (nSPS) is 9.95. The number of carbonyl (C=O) groups is 2. The molecular formula is C11H14N4O5. The second-order valence-electron chi connectivity index (χ2n) is 4.05. The average molecular weight is 282 g/mol. The maximum Gasteiger partial charge on any atom is 0.345 e. The van der Waals surface area contributed by atoms with Crippen molar-refractivity contribution in [3.8, 4) is 0 Å². The molecule has 0 unspecified atom stereocenters. The van der Waals surface area contributed by atoms with Gasteiger partial charge in [0.1, 0.15) is 5.56 Å². The largest absolute Gasteiger partial charge is 0.465 e. The van der Waals surface area contributed by atoms with E-state index < -0.39 is 22.5 Å². The SMILES string of the molecule is COC(=O)c1cc(C)nc(N(C)CC(N)=O)c1[N+](=O)[O-]. The number of aromatic nitrogens is 1. The zero-order valence-corrected chi connectivity index (χ0v) is 11.2. The van der Waals surface area contributed by atoms with Gasteiger partial charge in [0.15, 0.2) is 0 Å². The second kappa shape index (κ2) is 5.95. The third kappa shape index (κ3) is 3.19. The van der Waals surface area contributed by atoms with Gasteiger partial charge in [-0.05, 0) is 13.0 Å². The molecule has 1 amide bonds. The van der Waals surface area contributed by atoms with Gasteiger partial charge in [-0.3, -0.25) is 14.9 Å². The van der Waals surface area contributed by atoms with Crippen LogP contribution >= 0.6 is 0 Å². The molecule has 1 heterocycles. The molecule has 0 aliphatic heterocycles. The van der Waals surface area contributed by atoms with Crippen LogP contribution in [0.5, 0.6) is 0 Å². The first kappa shape index (κ1) is 15.3. The molecule has 1 rings (SSSR count). The first-order valence-electron chi connectivity index (χ1n) is 5.51. The minimum atomic E-state index is -0.851. The minimum Gasteiger partial charge on any atom is -0.465 e. The Balaban J connectivity index is 3.49. The first-order valence-corrected chi connectivity index (χ1v) is 5.51. The summed E-state index contributed by atoms with van der Waals surface area (Å²) in [5, 5.41) is 11.2. The number of esters is 1. The number of anilines is 1. The van der Waals surface area contributed by atoms with Gasteiger partial charge >= 0.3 is 11.7 Å². The maximum atomic E-state index is 11.6. The number of aryl methyl sites for hydroxylation is 1. The van der Waals surface area contributed by atoms with Crippen molar-refractivity contribution in [3.05, 3.63) is 27.4 Å². The molecule has 9 nitrogen and oxygen atoms in total. The van der Waals surface area contributed by atoms with E-state index in [2.05, 4.69) is 9.72 Å². The van der Waals surface area contributed by atoms with E-state index in [0.717, 1.165) is 7.11 Å². The number of methoxy groups -OCH3 is 1. The summed E-state index contributed by atoms with van der Waals surface area (Å²) < 4.78 is 4.52. The quantitative estimate of drug-likeness (QED) is 0.457. The number of ether oxygens (including phenoxy) is 1. The third-order valence-corrected chi connectivity index (χ3v) is 2.44. The van der Waals surface area contributed by atoms with Crippen LogP contribution in [0.15, 0.2) is 6.07 Å². The topological polar surface area (TPSA) is 129 Å². The molecule has 0 saturated carbocycles. The zero-order chi connectivity index (χ0) is 15.4. The summed E-state index contributed by atoms with van der Waals surface area (Å²) in [4.78, 5) is 38.2. The molecule has 0 bridgehead atoms. The fourth-order valence-electron chi connectivity index (χ4n) is 1.67. The van der Waals surface area contributed by atoms with E-state index in [-0.39, 0.29) is 17.9 Å². The molecule has 20 heavy (non-hydrogen) atoms. The second-order valence-corrected chi connectivity index (χ2v) is 4.05. The van der Waals surface area contributed by atoms with E-state index in [1.807, 2.05) is 0 Å². The Kier molecular flexibility index (Phi) is 4.57. The average Bonchev–Trinajstić information content (AvgIpc) is 2.35. The molecule has 0 saturated heterocycles. The van der Waals surface area contributed by atoms with E-state index in [1.165, 1.54) is 18.0 Å². The van der Waals surface area contributed by atoms with Crippen LogP contribution in [0.2, 0.25) is 0 Å². The Bertz CT molecular complexity index is 572. The fraction of sp³-hybridized carbons (Fsp3) is 0.364. The van der Waals surface area contributed by atoms with Crippen molar-refractivity contribution in [2.75, 3.05) is 25.6 Å². The maximum absolute atomic E-state index is 11.6. The van der Waals surface area contributed by atoms with Crippen LogP contribution in [0.1, 0.15) is 16.1 Å². The lowest BCUT2D eigenvalue weighted by Crippen LogP contribution is -2.32. The summed E-state index contributed by atoms with van der Waals surface area (Å²) in [5.41, 5.74) is 4.68. The molecule has 0 spiro atoms. The van der Waals surface area contributed by atoms with Crippen LogP contribution in [-0.4, -0.2) is 42.5 Å². The van der Waals surface area contributed by atoms with E-state index >= 15 is 0 Å². The third-order valence-electron chi connectivity index (χ3n) is 2.44. The molecule has 0 aliphatic rings. The number of nitro groups is 1. The smallest absolute Gasteiger partial charge is 0.345 e. The number of hydrogen-bond acceptors (Lipinski definition) is 7. The lowest BCUT2D eigenvalue weighted by molar-refractivity contribution is -0.384. The van der Waals surface area contributed by atoms with Crippen molar-refractivity contribution in [1.29, 1.82) is 0 Å². The Morgan fingerprint density at radius 1 is 1.55 bits per heavy atom. The van der Waals surface area contributed by atoms with Crippen molar-refractivity contribution in [1.82, 2.24) is 4.98 Å². The fourth-order valence-corrected chi connectivity index (χ4v) is 1.67. The van der Waals surface area contributed by atoms with Crippen molar-refractivity contribution >= 4 is 23.4 Å². The van der Waals surface area contributed by atoms with Gasteiger partial charge in [0, 0.05) is 12.7 Å². The predicted molar refractivity (Wildman–Crippen MR) is 69.4 cm³/mol. The van der Waals surface area contributed by atoms with Crippen molar-refractivity contribution in [2.24, 2.45) is 5.73 Å². The molecule has 1 aromatic rings. The number of pyridine rings is 1. The summed E-state index contributed by atoms with van der Waals surface area (Å²) in [6.07, 6.45) is 0. The van der Waals surface area contributed by atoms with Gasteiger partial charge in [-0.25, -0.2) is 9.78 Å². The highest BCUT2D eigenvalue weighted by Gasteiger charge is 2.29. The highest BCUT2D eigenvalue weighted by molar-refractivity contribution is 5.96. The lowest BCUT2D eigenvalue weighted by Gasteiger charge is -2.17. The van der Waals surface area contributed by atoms with Crippen LogP contribution in [-0.2, 0) is 9.53 Å². The molecule has 108 valence electrons. The number of nitrogens with zero attached hydrogens (tertiary/aromatic N) is 3. The zero-order valence-electron chi connectivity index (χ0n) is 11.2. The van der Waals surface area contributed by atoms with Crippen LogP contribution in [0.4, 0.5) is 11.5 Å². The minimum absolute atomic E-state index is 0.116. The Hall–Kier alpha value is -2.71. The van der Waals surface area contributed by atoms with Crippen LogP contribution in [0.25, 0.3) is 0 Å². The summed E-state index contributed by atoms with van der Waals surface area (Å²) in [6.45, 7) is 1.30. The molecule has 0 radical (unpaired) electrons. The molecule has 9 heteroatoms. The first-order chi connectivity index (χ1) is 9.27. The summed E-state index contributed by atoms with van der Waals surface area (Å²) >= 11 is 0. The van der Waals surface area contributed by atoms with E-state index in [4.69, 9.17) is 5.73 Å². The molecule has 0 aliphatic carbocycles. The van der Waals surface area contributed by atoms with Gasteiger partial charge in [0.2, 0.25) is 11.7 Å². The Labute approximate surface area is 114 Å². The van der Waals surface area contributed by atoms with E-state index in [0.29, 0.717) is 5.69 Å². The van der Waals surface area contributed by atoms with Gasteiger partial charge in [0.25, 0.3) is 0 Å².